The molecule has 0 unspecified atom stereocenters. The minimum Gasteiger partial charge on any atom is -0.493 e. The van der Waals surface area contributed by atoms with E-state index in [1.165, 1.54) is 36.8 Å². The van der Waals surface area contributed by atoms with Crippen molar-refractivity contribution >= 4 is 12.4 Å². The fraction of sp³-hybridized carbons (Fsp3) is 0.625. The molecule has 1 heterocycles. The Morgan fingerprint density at radius 2 is 1.84 bits per heavy atom. The number of benzene rings is 1. The van der Waals surface area contributed by atoms with Gasteiger partial charge in [-0.05, 0) is 80.8 Å². The van der Waals surface area contributed by atoms with Crippen LogP contribution in [0.1, 0.15) is 42.7 Å². The third-order valence-electron chi connectivity index (χ3n) is 4.07. The molecule has 2 nitrogen and oxygen atoms in total. The van der Waals surface area contributed by atoms with E-state index in [0.717, 1.165) is 37.3 Å². The van der Waals surface area contributed by atoms with Gasteiger partial charge >= 0.3 is 0 Å². The quantitative estimate of drug-likeness (QED) is 0.909. The largest absolute Gasteiger partial charge is 0.493 e. The van der Waals surface area contributed by atoms with Gasteiger partial charge in [0.15, 0.2) is 0 Å². The average molecular weight is 282 g/mol. The summed E-state index contributed by atoms with van der Waals surface area (Å²) in [4.78, 5) is 0. The van der Waals surface area contributed by atoms with Crippen LogP contribution in [0.3, 0.4) is 0 Å². The summed E-state index contributed by atoms with van der Waals surface area (Å²) in [6, 6.07) is 6.78. The van der Waals surface area contributed by atoms with E-state index in [1.54, 1.807) is 0 Å². The standard InChI is InChI=1S/C16H23NO.ClH/c1-12-8-15(14-4-6-17-7-5-14)10-16(9-12)18-11-13-2-3-13;/h8-10,13-14,17H,2-7,11H2,1H3;1H. The summed E-state index contributed by atoms with van der Waals surface area (Å²) < 4.78 is 5.93. The Morgan fingerprint density at radius 1 is 1.11 bits per heavy atom. The molecule has 1 aromatic rings. The van der Waals surface area contributed by atoms with E-state index in [1.807, 2.05) is 0 Å². The molecular formula is C16H24ClNO. The van der Waals surface area contributed by atoms with Crippen molar-refractivity contribution < 1.29 is 4.74 Å². The average Bonchev–Trinajstić information content (AvgIpc) is 3.21. The van der Waals surface area contributed by atoms with E-state index in [-0.39, 0.29) is 12.4 Å². The van der Waals surface area contributed by atoms with Crippen molar-refractivity contribution in [1.82, 2.24) is 5.32 Å². The molecule has 1 saturated heterocycles. The molecular weight excluding hydrogens is 258 g/mol. The lowest BCUT2D eigenvalue weighted by atomic mass is 9.89. The van der Waals surface area contributed by atoms with E-state index >= 15 is 0 Å². The second-order valence-corrected chi connectivity index (χ2v) is 5.86. The second-order valence-electron chi connectivity index (χ2n) is 5.86. The molecule has 0 spiro atoms. The van der Waals surface area contributed by atoms with E-state index in [2.05, 4.69) is 30.4 Å². The molecule has 0 atom stereocenters. The molecule has 1 saturated carbocycles. The van der Waals surface area contributed by atoms with E-state index < -0.39 is 0 Å². The molecule has 0 aromatic heterocycles. The van der Waals surface area contributed by atoms with Crippen LogP contribution in [-0.2, 0) is 0 Å². The monoisotopic (exact) mass is 281 g/mol. The maximum Gasteiger partial charge on any atom is 0.119 e. The summed E-state index contributed by atoms with van der Waals surface area (Å²) in [6.45, 7) is 5.39. The van der Waals surface area contributed by atoms with Gasteiger partial charge in [-0.3, -0.25) is 0 Å². The number of nitrogens with one attached hydrogen (secondary N) is 1. The summed E-state index contributed by atoms with van der Waals surface area (Å²) in [5, 5.41) is 3.43. The first-order valence-electron chi connectivity index (χ1n) is 7.26. The van der Waals surface area contributed by atoms with Crippen LogP contribution >= 0.6 is 12.4 Å². The van der Waals surface area contributed by atoms with Gasteiger partial charge in [-0.1, -0.05) is 6.07 Å². The van der Waals surface area contributed by atoms with Gasteiger partial charge in [-0.25, -0.2) is 0 Å². The predicted octanol–water partition coefficient (Wildman–Crippen LogP) is 3.67. The third-order valence-corrected chi connectivity index (χ3v) is 4.07. The molecule has 2 fully saturated rings. The zero-order valence-electron chi connectivity index (χ0n) is 11.7. The maximum atomic E-state index is 5.93. The first-order chi connectivity index (χ1) is 8.81. The lowest BCUT2D eigenvalue weighted by Crippen LogP contribution is -2.26. The topological polar surface area (TPSA) is 21.3 Å². The summed E-state index contributed by atoms with van der Waals surface area (Å²) in [7, 11) is 0. The molecule has 3 rings (SSSR count). The highest BCUT2D eigenvalue weighted by Crippen LogP contribution is 2.32. The molecule has 1 aromatic carbocycles. The van der Waals surface area contributed by atoms with Crippen molar-refractivity contribution in [2.45, 2.75) is 38.5 Å². The van der Waals surface area contributed by atoms with Gasteiger partial charge in [0, 0.05) is 0 Å². The highest BCUT2D eigenvalue weighted by molar-refractivity contribution is 5.85. The summed E-state index contributed by atoms with van der Waals surface area (Å²) in [5.41, 5.74) is 2.80. The molecule has 2 aliphatic rings. The molecule has 3 heteroatoms. The highest BCUT2D eigenvalue weighted by Gasteiger charge is 2.22. The van der Waals surface area contributed by atoms with Crippen molar-refractivity contribution in [3.8, 4) is 5.75 Å². The zero-order chi connectivity index (χ0) is 12.4. The Hall–Kier alpha value is -0.730. The van der Waals surface area contributed by atoms with Crippen LogP contribution in [0.15, 0.2) is 18.2 Å². The van der Waals surface area contributed by atoms with Gasteiger partial charge in [0.1, 0.15) is 5.75 Å². The number of ether oxygens (including phenoxy) is 1. The number of hydrogen-bond acceptors (Lipinski definition) is 2. The van der Waals surface area contributed by atoms with Crippen LogP contribution < -0.4 is 10.1 Å². The Kier molecular flexibility index (Phi) is 5.12. The van der Waals surface area contributed by atoms with Crippen molar-refractivity contribution in [3.63, 3.8) is 0 Å². The third kappa shape index (κ3) is 4.12. The molecule has 19 heavy (non-hydrogen) atoms. The zero-order valence-corrected chi connectivity index (χ0v) is 12.5. The van der Waals surface area contributed by atoms with Crippen LogP contribution in [0.4, 0.5) is 0 Å². The van der Waals surface area contributed by atoms with Gasteiger partial charge in [-0.15, -0.1) is 12.4 Å². The molecule has 0 radical (unpaired) electrons. The summed E-state index contributed by atoms with van der Waals surface area (Å²) in [5.74, 6) is 2.62. The number of rotatable bonds is 4. The van der Waals surface area contributed by atoms with Crippen molar-refractivity contribution in [2.75, 3.05) is 19.7 Å². The Morgan fingerprint density at radius 3 is 2.53 bits per heavy atom. The van der Waals surface area contributed by atoms with Gasteiger partial charge in [0.2, 0.25) is 0 Å². The van der Waals surface area contributed by atoms with Crippen LogP contribution in [0.5, 0.6) is 5.75 Å². The lowest BCUT2D eigenvalue weighted by Gasteiger charge is -2.23. The van der Waals surface area contributed by atoms with Gasteiger partial charge < -0.3 is 10.1 Å². The van der Waals surface area contributed by atoms with Crippen LogP contribution in [-0.4, -0.2) is 19.7 Å². The van der Waals surface area contributed by atoms with Crippen LogP contribution in [0, 0.1) is 12.8 Å². The summed E-state index contributed by atoms with van der Waals surface area (Å²) in [6.07, 6.45) is 5.22. The number of halogens is 1. The van der Waals surface area contributed by atoms with E-state index in [4.69, 9.17) is 4.74 Å². The number of hydrogen-bond donors (Lipinski definition) is 1. The molecule has 106 valence electrons. The van der Waals surface area contributed by atoms with Gasteiger partial charge in [0.05, 0.1) is 6.61 Å². The first kappa shape index (κ1) is 14.7. The van der Waals surface area contributed by atoms with Crippen LogP contribution in [0.2, 0.25) is 0 Å². The fourth-order valence-corrected chi connectivity index (χ4v) is 2.75. The van der Waals surface area contributed by atoms with Crippen molar-refractivity contribution in [3.05, 3.63) is 29.3 Å². The SMILES string of the molecule is Cc1cc(OCC2CC2)cc(C2CCNCC2)c1.Cl. The summed E-state index contributed by atoms with van der Waals surface area (Å²) >= 11 is 0. The Bertz CT molecular complexity index is 411. The lowest BCUT2D eigenvalue weighted by molar-refractivity contribution is 0.299. The maximum absolute atomic E-state index is 5.93. The van der Waals surface area contributed by atoms with Crippen molar-refractivity contribution in [2.24, 2.45) is 5.92 Å². The number of aryl methyl sites for hydroxylation is 1. The minimum atomic E-state index is 0. The van der Waals surface area contributed by atoms with Crippen LogP contribution in [0.25, 0.3) is 0 Å². The number of piperidine rings is 1. The Balaban J connectivity index is 0.00000133. The molecule has 0 amide bonds. The molecule has 1 aliphatic carbocycles. The van der Waals surface area contributed by atoms with E-state index in [9.17, 15) is 0 Å². The second kappa shape index (κ2) is 6.62. The molecule has 1 aliphatic heterocycles. The normalized spacial score (nSPS) is 19.8. The Labute approximate surface area is 122 Å². The molecule has 0 bridgehead atoms. The molecule has 1 N–H and O–H groups in total. The van der Waals surface area contributed by atoms with E-state index in [0.29, 0.717) is 0 Å². The fourth-order valence-electron chi connectivity index (χ4n) is 2.75. The first-order valence-corrected chi connectivity index (χ1v) is 7.26. The smallest absolute Gasteiger partial charge is 0.119 e. The van der Waals surface area contributed by atoms with Gasteiger partial charge in [-0.2, -0.15) is 0 Å². The highest BCUT2D eigenvalue weighted by atomic mass is 35.5. The van der Waals surface area contributed by atoms with Crippen molar-refractivity contribution in [1.29, 1.82) is 0 Å². The minimum absolute atomic E-state index is 0. The predicted molar refractivity (Wildman–Crippen MR) is 81.5 cm³/mol. The van der Waals surface area contributed by atoms with Gasteiger partial charge in [0.25, 0.3) is 0 Å².